The number of hydrogen-bond donors (Lipinski definition) is 1. The van der Waals surface area contributed by atoms with Crippen LogP contribution in [-0.2, 0) is 12.7 Å². The van der Waals surface area contributed by atoms with E-state index in [9.17, 15) is 18.0 Å². The number of aromatic amines is 1. The molecule has 4 aromatic rings. The Labute approximate surface area is 142 Å². The molecule has 3 heterocycles. The number of benzene rings is 1. The minimum Gasteiger partial charge on any atom is -0.295 e. The number of hydrogen-bond acceptors (Lipinski definition) is 6. The molecular weight excluding hydrogens is 353 g/mol. The molecule has 11 heteroatoms. The van der Waals surface area contributed by atoms with E-state index in [1.165, 1.54) is 0 Å². The maximum Gasteiger partial charge on any atom is 0.490 e. The van der Waals surface area contributed by atoms with Gasteiger partial charge in [-0.25, -0.2) is 24.3 Å². The molecule has 0 fully saturated rings. The van der Waals surface area contributed by atoms with Gasteiger partial charge in [-0.05, 0) is 5.56 Å². The predicted molar refractivity (Wildman–Crippen MR) is 82.0 cm³/mol. The minimum atomic E-state index is -4.69. The summed E-state index contributed by atoms with van der Waals surface area (Å²) in [6, 6.07) is 8.64. The third kappa shape index (κ3) is 2.83. The first-order valence-corrected chi connectivity index (χ1v) is 7.33. The van der Waals surface area contributed by atoms with Gasteiger partial charge in [-0.15, -0.1) is 13.2 Å². The van der Waals surface area contributed by atoms with Crippen LogP contribution in [0.4, 0.5) is 13.2 Å². The second-order valence-corrected chi connectivity index (χ2v) is 5.34. The van der Waals surface area contributed by atoms with Crippen LogP contribution >= 0.6 is 0 Å². The highest BCUT2D eigenvalue weighted by Gasteiger charge is 2.36. The van der Waals surface area contributed by atoms with Gasteiger partial charge in [0.15, 0.2) is 5.65 Å². The highest BCUT2D eigenvalue weighted by atomic mass is 19.4. The molecule has 0 aliphatic carbocycles. The first-order chi connectivity index (χ1) is 12.4. The second-order valence-electron chi connectivity index (χ2n) is 5.34. The third-order valence-electron chi connectivity index (χ3n) is 3.59. The van der Waals surface area contributed by atoms with Gasteiger partial charge < -0.3 is 0 Å². The SMILES string of the molecule is O=c1[nH]c(-c2ncc3c(n2)nc(Cc2ccccc2)n3C(F)(F)F)no1. The smallest absolute Gasteiger partial charge is 0.295 e. The van der Waals surface area contributed by atoms with Gasteiger partial charge in [0, 0.05) is 6.42 Å². The van der Waals surface area contributed by atoms with Crippen molar-refractivity contribution in [2.45, 2.75) is 12.7 Å². The maximum absolute atomic E-state index is 13.5. The molecule has 0 saturated heterocycles. The molecule has 3 aromatic heterocycles. The zero-order chi connectivity index (χ0) is 18.3. The zero-order valence-electron chi connectivity index (χ0n) is 12.9. The minimum absolute atomic E-state index is 0.0349. The van der Waals surface area contributed by atoms with E-state index in [0.717, 1.165) is 6.20 Å². The van der Waals surface area contributed by atoms with Gasteiger partial charge in [-0.1, -0.05) is 35.5 Å². The molecule has 1 aromatic carbocycles. The molecule has 0 aliphatic heterocycles. The van der Waals surface area contributed by atoms with Crippen molar-refractivity contribution in [2.75, 3.05) is 0 Å². The number of H-pyrrole nitrogens is 1. The van der Waals surface area contributed by atoms with Crippen LogP contribution in [0.2, 0.25) is 0 Å². The maximum atomic E-state index is 13.5. The van der Waals surface area contributed by atoms with Crippen LogP contribution in [0.15, 0.2) is 45.8 Å². The molecule has 0 radical (unpaired) electrons. The summed E-state index contributed by atoms with van der Waals surface area (Å²) in [4.78, 5) is 25.0. The Morgan fingerprint density at radius 2 is 1.92 bits per heavy atom. The van der Waals surface area contributed by atoms with E-state index in [-0.39, 0.29) is 39.6 Å². The summed E-state index contributed by atoms with van der Waals surface area (Å²) in [5.41, 5.74) is 0.211. The number of imidazole rings is 1. The van der Waals surface area contributed by atoms with E-state index >= 15 is 0 Å². The summed E-state index contributed by atoms with van der Waals surface area (Å²) in [6.07, 6.45) is -3.74. The van der Waals surface area contributed by atoms with Crippen molar-refractivity contribution >= 4 is 11.2 Å². The second kappa shape index (κ2) is 5.79. The van der Waals surface area contributed by atoms with Crippen LogP contribution in [0.25, 0.3) is 22.8 Å². The zero-order valence-corrected chi connectivity index (χ0v) is 12.9. The Morgan fingerprint density at radius 1 is 1.15 bits per heavy atom. The average Bonchev–Trinajstić information content (AvgIpc) is 3.17. The molecule has 26 heavy (non-hydrogen) atoms. The van der Waals surface area contributed by atoms with Gasteiger partial charge in [0.1, 0.15) is 11.3 Å². The normalized spacial score (nSPS) is 12.0. The Kier molecular flexibility index (Phi) is 3.56. The lowest BCUT2D eigenvalue weighted by Crippen LogP contribution is -2.20. The fourth-order valence-corrected chi connectivity index (χ4v) is 2.54. The third-order valence-corrected chi connectivity index (χ3v) is 3.59. The van der Waals surface area contributed by atoms with E-state index in [0.29, 0.717) is 5.56 Å². The molecule has 132 valence electrons. The van der Waals surface area contributed by atoms with Crippen LogP contribution < -0.4 is 5.76 Å². The van der Waals surface area contributed by atoms with Crippen molar-refractivity contribution in [1.29, 1.82) is 0 Å². The van der Waals surface area contributed by atoms with Crippen LogP contribution in [0.1, 0.15) is 11.4 Å². The number of alkyl halides is 3. The molecule has 4 rings (SSSR count). The van der Waals surface area contributed by atoms with Crippen LogP contribution in [0, 0.1) is 0 Å². The summed E-state index contributed by atoms with van der Waals surface area (Å²) < 4.78 is 45.1. The predicted octanol–water partition coefficient (Wildman–Crippen LogP) is 2.24. The molecule has 0 aliphatic rings. The number of nitrogens with zero attached hydrogens (tertiary/aromatic N) is 5. The quantitative estimate of drug-likeness (QED) is 0.600. The first kappa shape index (κ1) is 16.0. The highest BCUT2D eigenvalue weighted by Crippen LogP contribution is 2.30. The molecule has 8 nitrogen and oxygen atoms in total. The summed E-state index contributed by atoms with van der Waals surface area (Å²) in [5, 5.41) is 3.41. The average molecular weight is 362 g/mol. The molecular formula is C15H9F3N6O2. The van der Waals surface area contributed by atoms with Crippen LogP contribution in [-0.4, -0.2) is 29.7 Å². The Bertz CT molecular complexity index is 1130. The lowest BCUT2D eigenvalue weighted by atomic mass is 10.1. The summed E-state index contributed by atoms with van der Waals surface area (Å²) in [5.74, 6) is -1.24. The highest BCUT2D eigenvalue weighted by molar-refractivity contribution is 5.73. The lowest BCUT2D eigenvalue weighted by Gasteiger charge is -2.12. The Balaban J connectivity index is 1.86. The molecule has 0 atom stereocenters. The van der Waals surface area contributed by atoms with E-state index < -0.39 is 12.1 Å². The van der Waals surface area contributed by atoms with E-state index in [1.807, 2.05) is 0 Å². The number of nitrogens with one attached hydrogen (secondary N) is 1. The number of halogens is 3. The number of aromatic nitrogens is 6. The lowest BCUT2D eigenvalue weighted by molar-refractivity contribution is -0.202. The largest absolute Gasteiger partial charge is 0.490 e. The van der Waals surface area contributed by atoms with Crippen molar-refractivity contribution in [1.82, 2.24) is 29.7 Å². The summed E-state index contributed by atoms with van der Waals surface area (Å²) >= 11 is 0. The molecule has 0 saturated carbocycles. The van der Waals surface area contributed by atoms with Gasteiger partial charge >= 0.3 is 12.1 Å². The standard InChI is InChI=1S/C15H9F3N6O2/c16-15(17,18)24-9-7-19-12(13-22-14(25)26-23-13)21-11(9)20-10(24)6-8-4-2-1-3-5-8/h1-5,7H,6H2,(H,22,23,25). The van der Waals surface area contributed by atoms with E-state index in [4.69, 9.17) is 0 Å². The van der Waals surface area contributed by atoms with Crippen molar-refractivity contribution in [3.63, 3.8) is 0 Å². The molecule has 0 unspecified atom stereocenters. The topological polar surface area (TPSA) is 102 Å². The van der Waals surface area contributed by atoms with Gasteiger partial charge in [-0.3, -0.25) is 9.51 Å². The fraction of sp³-hybridized carbons (Fsp3) is 0.133. The first-order valence-electron chi connectivity index (χ1n) is 7.33. The van der Waals surface area contributed by atoms with Gasteiger partial charge in [0.2, 0.25) is 11.6 Å². The van der Waals surface area contributed by atoms with Crippen molar-refractivity contribution in [3.8, 4) is 11.6 Å². The van der Waals surface area contributed by atoms with E-state index in [2.05, 4.69) is 29.6 Å². The van der Waals surface area contributed by atoms with Crippen LogP contribution in [0.5, 0.6) is 0 Å². The Hall–Kier alpha value is -3.50. The van der Waals surface area contributed by atoms with Gasteiger partial charge in [0.25, 0.3) is 0 Å². The summed E-state index contributed by atoms with van der Waals surface area (Å²) in [7, 11) is 0. The monoisotopic (exact) mass is 362 g/mol. The van der Waals surface area contributed by atoms with E-state index in [1.54, 1.807) is 30.3 Å². The molecule has 0 amide bonds. The molecule has 1 N–H and O–H groups in total. The number of fused-ring (bicyclic) bond motifs is 1. The number of rotatable bonds is 3. The van der Waals surface area contributed by atoms with Crippen molar-refractivity contribution < 1.29 is 17.7 Å². The van der Waals surface area contributed by atoms with Gasteiger partial charge in [-0.2, -0.15) is 0 Å². The van der Waals surface area contributed by atoms with Gasteiger partial charge in [0.05, 0.1) is 6.20 Å². The van der Waals surface area contributed by atoms with Crippen molar-refractivity contribution in [3.05, 3.63) is 58.5 Å². The molecule has 0 spiro atoms. The van der Waals surface area contributed by atoms with Crippen LogP contribution in [0.3, 0.4) is 0 Å². The van der Waals surface area contributed by atoms with Crippen molar-refractivity contribution in [2.24, 2.45) is 0 Å². The summed E-state index contributed by atoms with van der Waals surface area (Å²) in [6.45, 7) is 0. The fourth-order valence-electron chi connectivity index (χ4n) is 2.54. The Morgan fingerprint density at radius 3 is 2.58 bits per heavy atom. The molecule has 0 bridgehead atoms.